The van der Waals surface area contributed by atoms with Gasteiger partial charge in [-0.3, -0.25) is 0 Å². The third-order valence-electron chi connectivity index (χ3n) is 1.96. The molecular formula is C13H9F2NO2. The molecule has 0 radical (unpaired) electrons. The lowest BCUT2D eigenvalue weighted by Crippen LogP contribution is -2.07. The number of nitrogens with zero attached hydrogens (tertiary/aromatic N) is 1. The standard InChI is InChI=1S/C13H9F2NO2/c1-2-6-18-13(17)9(8-16)7-10-11(14)4-3-5-12(10)15/h2-5,7H,1,6H2/b9-7-. The number of halogens is 2. The van der Waals surface area contributed by atoms with Gasteiger partial charge in [-0.1, -0.05) is 18.7 Å². The summed E-state index contributed by atoms with van der Waals surface area (Å²) in [5, 5.41) is 8.75. The lowest BCUT2D eigenvalue weighted by Gasteiger charge is -2.02. The minimum Gasteiger partial charge on any atom is -0.457 e. The molecule has 0 amide bonds. The van der Waals surface area contributed by atoms with Crippen LogP contribution in [0, 0.1) is 23.0 Å². The van der Waals surface area contributed by atoms with Crippen molar-refractivity contribution < 1.29 is 18.3 Å². The van der Waals surface area contributed by atoms with Gasteiger partial charge in [0.15, 0.2) is 0 Å². The van der Waals surface area contributed by atoms with E-state index in [1.165, 1.54) is 18.2 Å². The first-order valence-corrected chi connectivity index (χ1v) is 4.94. The Hall–Kier alpha value is -2.48. The highest BCUT2D eigenvalue weighted by Crippen LogP contribution is 2.16. The lowest BCUT2D eigenvalue weighted by molar-refractivity contribution is -0.137. The summed E-state index contributed by atoms with van der Waals surface area (Å²) >= 11 is 0. The summed E-state index contributed by atoms with van der Waals surface area (Å²) in [4.78, 5) is 11.4. The van der Waals surface area contributed by atoms with Crippen LogP contribution in [0.15, 0.2) is 36.4 Å². The summed E-state index contributed by atoms with van der Waals surface area (Å²) in [7, 11) is 0. The second-order valence-corrected chi connectivity index (χ2v) is 3.19. The largest absolute Gasteiger partial charge is 0.457 e. The third-order valence-corrected chi connectivity index (χ3v) is 1.96. The van der Waals surface area contributed by atoms with E-state index in [-0.39, 0.29) is 6.61 Å². The molecule has 0 bridgehead atoms. The Bertz CT molecular complexity index is 524. The van der Waals surface area contributed by atoms with Crippen molar-refractivity contribution in [2.75, 3.05) is 6.61 Å². The van der Waals surface area contributed by atoms with Gasteiger partial charge in [-0.25, -0.2) is 13.6 Å². The van der Waals surface area contributed by atoms with Gasteiger partial charge in [0.25, 0.3) is 0 Å². The van der Waals surface area contributed by atoms with E-state index in [1.807, 2.05) is 0 Å². The number of carbonyl (C=O) groups excluding carboxylic acids is 1. The Morgan fingerprint density at radius 1 is 1.44 bits per heavy atom. The van der Waals surface area contributed by atoms with Crippen molar-refractivity contribution >= 4 is 12.0 Å². The van der Waals surface area contributed by atoms with Crippen LogP contribution in [0.3, 0.4) is 0 Å². The summed E-state index contributed by atoms with van der Waals surface area (Å²) in [6, 6.07) is 4.77. The maximum Gasteiger partial charge on any atom is 0.349 e. The predicted octanol–water partition coefficient (Wildman–Crippen LogP) is 2.60. The second-order valence-electron chi connectivity index (χ2n) is 3.19. The van der Waals surface area contributed by atoms with E-state index in [0.717, 1.165) is 18.2 Å². The fourth-order valence-corrected chi connectivity index (χ4v) is 1.14. The van der Waals surface area contributed by atoms with Gasteiger partial charge in [0.05, 0.1) is 0 Å². The van der Waals surface area contributed by atoms with Gasteiger partial charge in [0.1, 0.15) is 29.9 Å². The first-order chi connectivity index (χ1) is 8.60. The van der Waals surface area contributed by atoms with E-state index in [0.29, 0.717) is 0 Å². The third kappa shape index (κ3) is 3.25. The number of ether oxygens (including phenoxy) is 1. The van der Waals surface area contributed by atoms with Crippen LogP contribution in [0.5, 0.6) is 0 Å². The van der Waals surface area contributed by atoms with Crippen LogP contribution >= 0.6 is 0 Å². The normalized spacial score (nSPS) is 10.6. The van der Waals surface area contributed by atoms with Gasteiger partial charge in [-0.15, -0.1) is 0 Å². The Morgan fingerprint density at radius 3 is 2.56 bits per heavy atom. The van der Waals surface area contributed by atoms with Crippen LogP contribution in [-0.2, 0) is 9.53 Å². The number of hydrogen-bond donors (Lipinski definition) is 0. The van der Waals surface area contributed by atoms with Crippen molar-refractivity contribution in [2.24, 2.45) is 0 Å². The van der Waals surface area contributed by atoms with Gasteiger partial charge >= 0.3 is 5.97 Å². The summed E-state index contributed by atoms with van der Waals surface area (Å²) in [5.41, 5.74) is -0.939. The molecule has 18 heavy (non-hydrogen) atoms. The van der Waals surface area contributed by atoms with E-state index < -0.39 is 28.7 Å². The molecule has 0 fully saturated rings. The Morgan fingerprint density at radius 2 is 2.06 bits per heavy atom. The molecule has 0 spiro atoms. The Balaban J connectivity index is 3.09. The summed E-state index contributed by atoms with van der Waals surface area (Å²) in [6.45, 7) is 3.24. The minimum absolute atomic E-state index is 0.0857. The minimum atomic E-state index is -0.958. The molecule has 0 unspecified atom stereocenters. The van der Waals surface area contributed by atoms with Crippen LogP contribution in [-0.4, -0.2) is 12.6 Å². The first-order valence-electron chi connectivity index (χ1n) is 4.94. The van der Waals surface area contributed by atoms with Gasteiger partial charge in [0, 0.05) is 5.56 Å². The van der Waals surface area contributed by atoms with Crippen molar-refractivity contribution in [1.82, 2.24) is 0 Å². The van der Waals surface area contributed by atoms with Gasteiger partial charge in [0.2, 0.25) is 0 Å². The van der Waals surface area contributed by atoms with Crippen LogP contribution in [0.1, 0.15) is 5.56 Å². The number of esters is 1. The number of rotatable bonds is 4. The predicted molar refractivity (Wildman–Crippen MR) is 61.1 cm³/mol. The molecule has 0 heterocycles. The topological polar surface area (TPSA) is 50.1 Å². The first kappa shape index (κ1) is 13.6. The van der Waals surface area contributed by atoms with Crippen LogP contribution < -0.4 is 0 Å². The molecule has 0 saturated carbocycles. The number of hydrogen-bond acceptors (Lipinski definition) is 3. The SMILES string of the molecule is C=CCOC(=O)/C(C#N)=C\c1c(F)cccc1F. The lowest BCUT2D eigenvalue weighted by atomic mass is 10.1. The maximum atomic E-state index is 13.3. The van der Waals surface area contributed by atoms with Gasteiger partial charge in [-0.2, -0.15) is 5.26 Å². The summed E-state index contributed by atoms with van der Waals surface area (Å²) < 4.78 is 31.2. The van der Waals surface area contributed by atoms with E-state index in [1.54, 1.807) is 0 Å². The Kier molecular flexibility index (Phi) is 4.76. The van der Waals surface area contributed by atoms with Gasteiger partial charge < -0.3 is 4.74 Å². The zero-order valence-corrected chi connectivity index (χ0v) is 9.32. The molecule has 0 aliphatic carbocycles. The molecular weight excluding hydrogens is 240 g/mol. The zero-order chi connectivity index (χ0) is 13.5. The molecule has 0 aromatic heterocycles. The zero-order valence-electron chi connectivity index (χ0n) is 9.32. The van der Waals surface area contributed by atoms with Crippen molar-refractivity contribution in [3.05, 3.63) is 53.6 Å². The highest BCUT2D eigenvalue weighted by atomic mass is 19.1. The molecule has 0 N–H and O–H groups in total. The van der Waals surface area contributed by atoms with Gasteiger partial charge in [-0.05, 0) is 18.2 Å². The molecule has 5 heteroatoms. The van der Waals surface area contributed by atoms with E-state index >= 15 is 0 Å². The van der Waals surface area contributed by atoms with Crippen molar-refractivity contribution in [2.45, 2.75) is 0 Å². The highest BCUT2D eigenvalue weighted by Gasteiger charge is 2.13. The molecule has 92 valence electrons. The number of nitriles is 1. The fraction of sp³-hybridized carbons (Fsp3) is 0.0769. The monoisotopic (exact) mass is 249 g/mol. The van der Waals surface area contributed by atoms with Crippen molar-refractivity contribution in [3.8, 4) is 6.07 Å². The molecule has 0 saturated heterocycles. The van der Waals surface area contributed by atoms with E-state index in [9.17, 15) is 13.6 Å². The van der Waals surface area contributed by atoms with Crippen LogP contribution in [0.25, 0.3) is 6.08 Å². The van der Waals surface area contributed by atoms with Crippen molar-refractivity contribution in [3.63, 3.8) is 0 Å². The molecule has 0 aliphatic heterocycles. The highest BCUT2D eigenvalue weighted by molar-refractivity contribution is 5.97. The second kappa shape index (κ2) is 6.30. The average Bonchev–Trinajstić information content (AvgIpc) is 2.35. The fourth-order valence-electron chi connectivity index (χ4n) is 1.14. The quantitative estimate of drug-likeness (QED) is 0.356. The summed E-state index contributed by atoms with van der Waals surface area (Å²) in [6.07, 6.45) is 2.13. The smallest absolute Gasteiger partial charge is 0.349 e. The molecule has 0 atom stereocenters. The van der Waals surface area contributed by atoms with E-state index in [4.69, 9.17) is 5.26 Å². The van der Waals surface area contributed by atoms with Crippen LogP contribution in [0.2, 0.25) is 0 Å². The number of benzene rings is 1. The molecule has 3 nitrogen and oxygen atoms in total. The molecule has 1 rings (SSSR count). The maximum absolute atomic E-state index is 13.3. The van der Waals surface area contributed by atoms with Crippen molar-refractivity contribution in [1.29, 1.82) is 5.26 Å². The average molecular weight is 249 g/mol. The van der Waals surface area contributed by atoms with E-state index in [2.05, 4.69) is 11.3 Å². The molecule has 1 aromatic carbocycles. The molecule has 1 aromatic rings. The summed E-state index contributed by atoms with van der Waals surface area (Å²) in [5.74, 6) is -2.68. The number of carbonyl (C=O) groups is 1. The van der Waals surface area contributed by atoms with Crippen LogP contribution in [0.4, 0.5) is 8.78 Å². The molecule has 0 aliphatic rings. The Labute approximate surface area is 103 Å².